The van der Waals surface area contributed by atoms with Gasteiger partial charge in [-0.05, 0) is 0 Å². The maximum Gasteiger partial charge on any atom is 0.128 e. The van der Waals surface area contributed by atoms with E-state index >= 15 is 0 Å². The summed E-state index contributed by atoms with van der Waals surface area (Å²) in [6.07, 6.45) is 1.68. The first-order valence-electron chi connectivity index (χ1n) is 5.94. The molecule has 0 atom stereocenters. The van der Waals surface area contributed by atoms with E-state index < -0.39 is 0 Å². The molecule has 2 rings (SSSR count). The van der Waals surface area contributed by atoms with Gasteiger partial charge in [0.2, 0.25) is 0 Å². The number of rotatable bonds is 5. The minimum Gasteiger partial charge on any atom is -0.379 e. The molecule has 17 heavy (non-hydrogen) atoms. The highest BCUT2D eigenvalue weighted by atomic mass is 35.5. The van der Waals surface area contributed by atoms with E-state index in [4.69, 9.17) is 16.3 Å². The van der Waals surface area contributed by atoms with Crippen molar-refractivity contribution in [2.24, 2.45) is 7.05 Å². The zero-order chi connectivity index (χ0) is 12.1. The fourth-order valence-electron chi connectivity index (χ4n) is 1.85. The first-order valence-corrected chi connectivity index (χ1v) is 6.32. The van der Waals surface area contributed by atoms with Gasteiger partial charge in [-0.3, -0.25) is 4.90 Å². The Labute approximate surface area is 107 Å². The van der Waals surface area contributed by atoms with Crippen molar-refractivity contribution in [2.45, 2.75) is 6.54 Å². The molecule has 5 nitrogen and oxygen atoms in total. The number of nitrogens with one attached hydrogen (secondary N) is 1. The molecule has 2 heterocycles. The SMILES string of the molecule is Cn1c(Cl)cnc1CNCCN1CCOCC1. The number of aromatic nitrogens is 2. The summed E-state index contributed by atoms with van der Waals surface area (Å²) in [5.41, 5.74) is 0. The maximum absolute atomic E-state index is 5.91. The van der Waals surface area contributed by atoms with Crippen molar-refractivity contribution in [3.8, 4) is 0 Å². The maximum atomic E-state index is 5.91. The first-order chi connectivity index (χ1) is 8.27. The number of nitrogens with zero attached hydrogens (tertiary/aromatic N) is 3. The van der Waals surface area contributed by atoms with Crippen LogP contribution in [0.2, 0.25) is 5.15 Å². The minimum absolute atomic E-state index is 0.676. The molecular formula is C11H19ClN4O. The fraction of sp³-hybridized carbons (Fsp3) is 0.727. The second kappa shape index (κ2) is 6.35. The van der Waals surface area contributed by atoms with E-state index in [0.29, 0.717) is 5.15 Å². The Morgan fingerprint density at radius 2 is 2.24 bits per heavy atom. The molecule has 1 aromatic rings. The summed E-state index contributed by atoms with van der Waals surface area (Å²) in [7, 11) is 1.92. The van der Waals surface area contributed by atoms with E-state index in [0.717, 1.165) is 51.8 Å². The van der Waals surface area contributed by atoms with Crippen LogP contribution in [0, 0.1) is 0 Å². The Kier molecular flexibility index (Phi) is 4.79. The van der Waals surface area contributed by atoms with Gasteiger partial charge in [-0.25, -0.2) is 4.98 Å². The van der Waals surface area contributed by atoms with E-state index in [1.807, 2.05) is 11.6 Å². The van der Waals surface area contributed by atoms with Crippen LogP contribution in [0.1, 0.15) is 5.82 Å². The number of halogens is 1. The van der Waals surface area contributed by atoms with Gasteiger partial charge in [0, 0.05) is 33.2 Å². The normalized spacial score (nSPS) is 17.5. The van der Waals surface area contributed by atoms with Crippen LogP contribution in [0.15, 0.2) is 6.20 Å². The van der Waals surface area contributed by atoms with Gasteiger partial charge in [0.1, 0.15) is 11.0 Å². The smallest absolute Gasteiger partial charge is 0.128 e. The minimum atomic E-state index is 0.676. The molecule has 96 valence electrons. The van der Waals surface area contributed by atoms with Gasteiger partial charge in [-0.2, -0.15) is 0 Å². The van der Waals surface area contributed by atoms with Gasteiger partial charge in [0.25, 0.3) is 0 Å². The number of morpholine rings is 1. The zero-order valence-electron chi connectivity index (χ0n) is 10.2. The topological polar surface area (TPSA) is 42.3 Å². The highest BCUT2D eigenvalue weighted by Crippen LogP contribution is 2.08. The molecule has 0 spiro atoms. The van der Waals surface area contributed by atoms with Crippen molar-refractivity contribution in [1.29, 1.82) is 0 Å². The van der Waals surface area contributed by atoms with Crippen LogP contribution in [0.3, 0.4) is 0 Å². The van der Waals surface area contributed by atoms with Crippen molar-refractivity contribution in [3.05, 3.63) is 17.2 Å². The standard InChI is InChI=1S/C11H19ClN4O/c1-15-10(12)8-14-11(15)9-13-2-3-16-4-6-17-7-5-16/h8,13H,2-7,9H2,1H3. The summed E-state index contributed by atoms with van der Waals surface area (Å²) in [6, 6.07) is 0. The lowest BCUT2D eigenvalue weighted by Gasteiger charge is -2.26. The van der Waals surface area contributed by atoms with E-state index in [1.165, 1.54) is 0 Å². The molecule has 0 saturated carbocycles. The fourth-order valence-corrected chi connectivity index (χ4v) is 2.00. The third-order valence-electron chi connectivity index (χ3n) is 3.02. The highest BCUT2D eigenvalue weighted by Gasteiger charge is 2.09. The Morgan fingerprint density at radius 1 is 1.47 bits per heavy atom. The average Bonchev–Trinajstić information content (AvgIpc) is 2.67. The number of ether oxygens (including phenoxy) is 1. The predicted octanol–water partition coefficient (Wildman–Crippen LogP) is 0.495. The first kappa shape index (κ1) is 12.8. The molecule has 0 amide bonds. The summed E-state index contributed by atoms with van der Waals surface area (Å²) in [6.45, 7) is 6.56. The highest BCUT2D eigenvalue weighted by molar-refractivity contribution is 6.29. The van der Waals surface area contributed by atoms with Gasteiger partial charge in [0.15, 0.2) is 0 Å². The molecule has 1 aliphatic rings. The largest absolute Gasteiger partial charge is 0.379 e. The lowest BCUT2D eigenvalue weighted by atomic mass is 10.4. The van der Waals surface area contributed by atoms with Crippen molar-refractivity contribution in [2.75, 3.05) is 39.4 Å². The molecule has 6 heteroatoms. The van der Waals surface area contributed by atoms with E-state index in [2.05, 4.69) is 15.2 Å². The Hall–Kier alpha value is -0.620. The van der Waals surface area contributed by atoms with Gasteiger partial charge in [0.05, 0.1) is 26.0 Å². The Morgan fingerprint density at radius 3 is 2.88 bits per heavy atom. The summed E-state index contributed by atoms with van der Waals surface area (Å²) < 4.78 is 7.20. The molecule has 0 radical (unpaired) electrons. The van der Waals surface area contributed by atoms with Crippen LogP contribution < -0.4 is 5.32 Å². The Balaban J connectivity index is 1.64. The summed E-state index contributed by atoms with van der Waals surface area (Å²) in [5.74, 6) is 0.969. The third kappa shape index (κ3) is 3.67. The number of hydrogen-bond donors (Lipinski definition) is 1. The summed E-state index contributed by atoms with van der Waals surface area (Å²) in [4.78, 5) is 6.64. The van der Waals surface area contributed by atoms with Gasteiger partial charge < -0.3 is 14.6 Å². The molecule has 0 unspecified atom stereocenters. The molecule has 1 aliphatic heterocycles. The van der Waals surface area contributed by atoms with Crippen molar-refractivity contribution in [3.63, 3.8) is 0 Å². The van der Waals surface area contributed by atoms with Crippen LogP contribution >= 0.6 is 11.6 Å². The molecule has 1 saturated heterocycles. The molecule has 0 aromatic carbocycles. The van der Waals surface area contributed by atoms with Gasteiger partial charge >= 0.3 is 0 Å². The van der Waals surface area contributed by atoms with Crippen LogP contribution in [0.25, 0.3) is 0 Å². The van der Waals surface area contributed by atoms with Crippen LogP contribution in [0.4, 0.5) is 0 Å². The van der Waals surface area contributed by atoms with E-state index in [1.54, 1.807) is 6.20 Å². The second-order valence-corrected chi connectivity index (χ2v) is 4.57. The quantitative estimate of drug-likeness (QED) is 0.781. The summed E-state index contributed by atoms with van der Waals surface area (Å²) in [5, 5.41) is 4.05. The predicted molar refractivity (Wildman–Crippen MR) is 67.2 cm³/mol. The summed E-state index contributed by atoms with van der Waals surface area (Å²) >= 11 is 5.91. The number of hydrogen-bond acceptors (Lipinski definition) is 4. The molecule has 0 aliphatic carbocycles. The van der Waals surface area contributed by atoms with Gasteiger partial charge in [-0.1, -0.05) is 11.6 Å². The van der Waals surface area contributed by atoms with Crippen LogP contribution in [-0.2, 0) is 18.3 Å². The molecule has 1 fully saturated rings. The monoisotopic (exact) mass is 258 g/mol. The Bertz CT molecular complexity index is 349. The molecule has 0 bridgehead atoms. The second-order valence-electron chi connectivity index (χ2n) is 4.19. The van der Waals surface area contributed by atoms with E-state index in [9.17, 15) is 0 Å². The van der Waals surface area contributed by atoms with E-state index in [-0.39, 0.29) is 0 Å². The number of imidazole rings is 1. The van der Waals surface area contributed by atoms with Crippen molar-refractivity contribution in [1.82, 2.24) is 19.8 Å². The lowest BCUT2D eigenvalue weighted by Crippen LogP contribution is -2.40. The lowest BCUT2D eigenvalue weighted by molar-refractivity contribution is 0.0384. The average molecular weight is 259 g/mol. The van der Waals surface area contributed by atoms with Gasteiger partial charge in [-0.15, -0.1) is 0 Å². The third-order valence-corrected chi connectivity index (χ3v) is 3.37. The molecule has 1 N–H and O–H groups in total. The van der Waals surface area contributed by atoms with Crippen LogP contribution in [0.5, 0.6) is 0 Å². The van der Waals surface area contributed by atoms with Crippen molar-refractivity contribution < 1.29 is 4.74 Å². The van der Waals surface area contributed by atoms with Crippen molar-refractivity contribution >= 4 is 11.6 Å². The van der Waals surface area contributed by atoms with Crippen LogP contribution in [-0.4, -0.2) is 53.8 Å². The molecule has 1 aromatic heterocycles. The zero-order valence-corrected chi connectivity index (χ0v) is 10.9. The molecular weight excluding hydrogens is 240 g/mol.